The molecule has 34 heavy (non-hydrogen) atoms. The molecule has 188 valence electrons. The Balaban J connectivity index is 1.89. The third-order valence-electron chi connectivity index (χ3n) is 5.27. The van der Waals surface area contributed by atoms with Gasteiger partial charge in [0.1, 0.15) is 21.8 Å². The maximum Gasteiger partial charge on any atom is 0.410 e. The maximum absolute atomic E-state index is 13.8. The lowest BCUT2D eigenvalue weighted by molar-refractivity contribution is -0.169. The summed E-state index contributed by atoms with van der Waals surface area (Å²) in [5, 5.41) is 11.7. The Morgan fingerprint density at radius 3 is 2.47 bits per heavy atom. The van der Waals surface area contributed by atoms with Crippen LogP contribution in [0.2, 0.25) is 0 Å². The first-order valence-electron chi connectivity index (χ1n) is 10.6. The first kappa shape index (κ1) is 26.2. The molecule has 0 spiro atoms. The number of amides is 1. The highest BCUT2D eigenvalue weighted by Crippen LogP contribution is 2.33. The highest BCUT2D eigenvalue weighted by atomic mass is 32.2. The number of furan rings is 1. The number of carbonyl (C=O) groups is 2. The second-order valence-electron chi connectivity index (χ2n) is 9.25. The lowest BCUT2D eigenvalue weighted by atomic mass is 10.1. The first-order valence-corrected chi connectivity index (χ1v) is 11.8. The van der Waals surface area contributed by atoms with Crippen LogP contribution in [-0.4, -0.2) is 51.1 Å². The number of halogens is 3. The van der Waals surface area contributed by atoms with Gasteiger partial charge in [0.25, 0.3) is 5.91 Å². The summed E-state index contributed by atoms with van der Waals surface area (Å²) in [6.45, 7) is 6.25. The highest BCUT2D eigenvalue weighted by molar-refractivity contribution is 7.90. The van der Waals surface area contributed by atoms with Crippen LogP contribution < -0.4 is 14.8 Å². The molecule has 0 saturated heterocycles. The largest absolute Gasteiger partial charge is 0.598 e. The first-order chi connectivity index (χ1) is 15.7. The minimum absolute atomic E-state index is 0.101. The zero-order valence-electron chi connectivity index (χ0n) is 19.1. The average Bonchev–Trinajstić information content (AvgIpc) is 3.47. The molecule has 3 rings (SSSR count). The van der Waals surface area contributed by atoms with Gasteiger partial charge in [-0.15, -0.1) is 4.72 Å². The summed E-state index contributed by atoms with van der Waals surface area (Å²) in [4.78, 5) is 24.8. The summed E-state index contributed by atoms with van der Waals surface area (Å²) in [6.07, 6.45) is -2.97. The van der Waals surface area contributed by atoms with E-state index in [0.29, 0.717) is 23.9 Å². The van der Waals surface area contributed by atoms with Crippen molar-refractivity contribution in [2.45, 2.75) is 63.5 Å². The van der Waals surface area contributed by atoms with E-state index in [0.717, 1.165) is 12.8 Å². The smallest absolute Gasteiger partial charge is 0.410 e. The van der Waals surface area contributed by atoms with Crippen molar-refractivity contribution < 1.29 is 41.6 Å². The average molecular weight is 505 g/mol. The molecule has 3 atom stereocenters. The van der Waals surface area contributed by atoms with Crippen LogP contribution in [0.3, 0.4) is 0 Å². The third kappa shape index (κ3) is 6.16. The molecule has 1 fully saturated rings. The van der Waals surface area contributed by atoms with Crippen molar-refractivity contribution in [3.63, 3.8) is 0 Å². The minimum atomic E-state index is -5.12. The molecule has 1 heterocycles. The van der Waals surface area contributed by atoms with Gasteiger partial charge >= 0.3 is 12.1 Å². The molecule has 1 aliphatic rings. The van der Waals surface area contributed by atoms with Crippen molar-refractivity contribution in [1.29, 1.82) is 0 Å². The molecule has 1 aromatic heterocycles. The van der Waals surface area contributed by atoms with Crippen LogP contribution >= 0.6 is 0 Å². The molecule has 3 N–H and O–H groups in total. The molecule has 0 radical (unpaired) electrons. The Bertz CT molecular complexity index is 1060. The van der Waals surface area contributed by atoms with E-state index in [1.54, 1.807) is 12.1 Å². The van der Waals surface area contributed by atoms with Crippen LogP contribution in [-0.2, 0) is 16.2 Å². The Hall–Kier alpha value is -2.44. The number of aliphatic carboxylic acids is 1. The Morgan fingerprint density at radius 1 is 1.29 bits per heavy atom. The second kappa shape index (κ2) is 9.67. The standard InChI is InChI=1S/C22H27F3N2O6S/c1-11-16(14-9-13(7-8-15(14)33-11)32-10-12-5-6-12)19(28)26-17(20(29)30)18(22(23,24)25)27-34(31)21(2,3)4/h7-9,12,17-18,27H,5-6,10H2,1-4H3,(H,26,28)(H,29,30)/t17-,18-,34-/m0/s1. The van der Waals surface area contributed by atoms with E-state index in [1.165, 1.54) is 33.8 Å². The van der Waals surface area contributed by atoms with Gasteiger partial charge in [0, 0.05) is 16.7 Å². The minimum Gasteiger partial charge on any atom is -0.598 e. The van der Waals surface area contributed by atoms with E-state index >= 15 is 0 Å². The normalized spacial score (nSPS) is 17.3. The molecule has 1 saturated carbocycles. The highest BCUT2D eigenvalue weighted by Gasteiger charge is 2.52. The zero-order chi connectivity index (χ0) is 25.4. The van der Waals surface area contributed by atoms with Gasteiger partial charge in [-0.25, -0.2) is 4.79 Å². The van der Waals surface area contributed by atoms with E-state index in [2.05, 4.69) is 0 Å². The molecule has 1 amide bonds. The fraction of sp³-hybridized carbons (Fsp3) is 0.545. The molecular formula is C22H27F3N2O6S. The Kier molecular flexibility index (Phi) is 7.44. The number of fused-ring (bicyclic) bond motifs is 1. The molecule has 1 aliphatic carbocycles. The van der Waals surface area contributed by atoms with Crippen LogP contribution in [0.4, 0.5) is 13.2 Å². The summed E-state index contributed by atoms with van der Waals surface area (Å²) in [7, 11) is 0. The summed E-state index contributed by atoms with van der Waals surface area (Å²) in [5.74, 6) is -1.97. The predicted octanol–water partition coefficient (Wildman–Crippen LogP) is 3.70. The fourth-order valence-corrected chi connectivity index (χ4v) is 4.04. The molecule has 1 aromatic carbocycles. The van der Waals surface area contributed by atoms with Crippen LogP contribution in [0.1, 0.15) is 49.7 Å². The number of carboxylic acid groups (broad SMARTS) is 1. The van der Waals surface area contributed by atoms with Crippen molar-refractivity contribution in [2.24, 2.45) is 5.92 Å². The number of hydrogen-bond acceptors (Lipinski definition) is 6. The summed E-state index contributed by atoms with van der Waals surface area (Å²) >= 11 is -2.25. The van der Waals surface area contributed by atoms with Gasteiger partial charge < -0.3 is 24.1 Å². The predicted molar refractivity (Wildman–Crippen MR) is 119 cm³/mol. The third-order valence-corrected chi connectivity index (χ3v) is 6.85. The number of benzene rings is 1. The molecule has 12 heteroatoms. The lowest BCUT2D eigenvalue weighted by Crippen LogP contribution is -2.63. The van der Waals surface area contributed by atoms with Crippen LogP contribution in [0.25, 0.3) is 11.0 Å². The molecule has 0 bridgehead atoms. The Morgan fingerprint density at radius 2 is 1.94 bits per heavy atom. The van der Waals surface area contributed by atoms with E-state index in [9.17, 15) is 32.4 Å². The van der Waals surface area contributed by atoms with Gasteiger partial charge in [-0.2, -0.15) is 13.2 Å². The van der Waals surface area contributed by atoms with Crippen molar-refractivity contribution in [1.82, 2.24) is 10.0 Å². The fourth-order valence-electron chi connectivity index (χ4n) is 3.19. The van der Waals surface area contributed by atoms with Crippen molar-refractivity contribution in [2.75, 3.05) is 6.61 Å². The number of hydrogen-bond donors (Lipinski definition) is 3. The second-order valence-corrected chi connectivity index (χ2v) is 11.3. The van der Waals surface area contributed by atoms with Gasteiger partial charge in [-0.3, -0.25) is 4.79 Å². The number of carbonyl (C=O) groups excluding carboxylic acids is 1. The van der Waals surface area contributed by atoms with Crippen molar-refractivity contribution >= 4 is 34.2 Å². The number of ether oxygens (including phenoxy) is 1. The van der Waals surface area contributed by atoms with Crippen LogP contribution in [0.15, 0.2) is 22.6 Å². The van der Waals surface area contributed by atoms with E-state index in [1.807, 2.05) is 10.0 Å². The molecule has 0 aliphatic heterocycles. The summed E-state index contributed by atoms with van der Waals surface area (Å²) in [5.41, 5.74) is 0.198. The molecule has 8 nitrogen and oxygen atoms in total. The number of nitrogens with one attached hydrogen (secondary N) is 2. The SMILES string of the molecule is Cc1oc2ccc(OCC3CC3)cc2c1C(=O)N[C@H](C(=O)O)[C@H](N[S@@+]([O-])C(C)(C)C)C(F)(F)F. The lowest BCUT2D eigenvalue weighted by Gasteiger charge is -2.31. The van der Waals surface area contributed by atoms with Gasteiger partial charge in [0.2, 0.25) is 0 Å². The molecule has 2 aromatic rings. The van der Waals surface area contributed by atoms with E-state index in [4.69, 9.17) is 9.15 Å². The van der Waals surface area contributed by atoms with E-state index < -0.39 is 46.2 Å². The van der Waals surface area contributed by atoms with Crippen LogP contribution in [0, 0.1) is 12.8 Å². The molecule has 0 unspecified atom stereocenters. The number of aryl methyl sites for hydroxylation is 1. The Labute approximate surface area is 197 Å². The van der Waals surface area contributed by atoms with Gasteiger partial charge in [-0.05, 0) is 64.7 Å². The molecular weight excluding hydrogens is 477 g/mol. The maximum atomic E-state index is 13.8. The quantitative estimate of drug-likeness (QED) is 0.445. The van der Waals surface area contributed by atoms with Crippen molar-refractivity contribution in [3.8, 4) is 5.75 Å². The van der Waals surface area contributed by atoms with Gasteiger partial charge in [0.05, 0.1) is 12.2 Å². The zero-order valence-corrected chi connectivity index (χ0v) is 19.9. The number of alkyl halides is 3. The number of carboxylic acids is 1. The van der Waals surface area contributed by atoms with Gasteiger partial charge in [0.15, 0.2) is 12.1 Å². The topological polar surface area (TPSA) is 124 Å². The van der Waals surface area contributed by atoms with Crippen molar-refractivity contribution in [3.05, 3.63) is 29.5 Å². The number of rotatable bonds is 9. The van der Waals surface area contributed by atoms with Crippen LogP contribution in [0.5, 0.6) is 5.75 Å². The summed E-state index contributed by atoms with van der Waals surface area (Å²) < 4.78 is 65.6. The monoisotopic (exact) mass is 504 g/mol. The summed E-state index contributed by atoms with van der Waals surface area (Å²) in [6, 6.07) is -0.487. The van der Waals surface area contributed by atoms with E-state index in [-0.39, 0.29) is 16.7 Å². The van der Waals surface area contributed by atoms with Gasteiger partial charge in [-0.1, -0.05) is 0 Å².